The molecular formula is C24H28N6O3S. The number of anilines is 2. The van der Waals surface area contributed by atoms with Gasteiger partial charge in [-0.25, -0.2) is 13.4 Å². The van der Waals surface area contributed by atoms with Crippen molar-refractivity contribution in [3.63, 3.8) is 0 Å². The van der Waals surface area contributed by atoms with Crippen molar-refractivity contribution in [3.05, 3.63) is 42.6 Å². The zero-order valence-electron chi connectivity index (χ0n) is 19.3. The van der Waals surface area contributed by atoms with Gasteiger partial charge in [-0.1, -0.05) is 12.1 Å². The molecule has 1 fully saturated rings. The molecule has 0 saturated carbocycles. The number of benzene rings is 2. The lowest BCUT2D eigenvalue weighted by molar-refractivity contribution is 0.230. The molecule has 1 saturated heterocycles. The molecular weight excluding hydrogens is 452 g/mol. The number of oxazole rings is 1. The van der Waals surface area contributed by atoms with Crippen molar-refractivity contribution in [3.8, 4) is 11.1 Å². The average Bonchev–Trinajstić information content (AvgIpc) is 3.25. The molecule has 10 heteroatoms. The second-order valence-corrected chi connectivity index (χ2v) is 11.1. The Hall–Kier alpha value is -3.24. The molecule has 0 amide bonds. The average molecular weight is 481 g/mol. The maximum absolute atomic E-state index is 11.4. The molecule has 0 unspecified atom stereocenters. The van der Waals surface area contributed by atoms with Crippen LogP contribution in [0, 0.1) is 0 Å². The van der Waals surface area contributed by atoms with Gasteiger partial charge in [-0.3, -0.25) is 4.98 Å². The third-order valence-electron chi connectivity index (χ3n) is 6.19. The van der Waals surface area contributed by atoms with Crippen molar-refractivity contribution in [1.82, 2.24) is 19.9 Å². The Labute approximate surface area is 198 Å². The normalized spacial score (nSPS) is 15.7. The van der Waals surface area contributed by atoms with Gasteiger partial charge in [-0.2, -0.15) is 4.98 Å². The number of likely N-dealkylation sites (tertiary alicyclic amines) is 1. The number of fused-ring (bicyclic) bond motifs is 2. The van der Waals surface area contributed by atoms with Gasteiger partial charge >= 0.3 is 0 Å². The van der Waals surface area contributed by atoms with Crippen molar-refractivity contribution in [2.75, 3.05) is 49.3 Å². The van der Waals surface area contributed by atoms with Gasteiger partial charge < -0.3 is 20.0 Å². The van der Waals surface area contributed by atoms with Crippen LogP contribution in [0.5, 0.6) is 0 Å². The Morgan fingerprint density at radius 3 is 2.50 bits per heavy atom. The maximum Gasteiger partial charge on any atom is 0.295 e. The summed E-state index contributed by atoms with van der Waals surface area (Å²) in [4.78, 5) is 16.0. The van der Waals surface area contributed by atoms with Crippen LogP contribution >= 0.6 is 0 Å². The van der Waals surface area contributed by atoms with Crippen molar-refractivity contribution >= 4 is 43.8 Å². The summed E-state index contributed by atoms with van der Waals surface area (Å²) in [7, 11) is -1.15. The summed E-state index contributed by atoms with van der Waals surface area (Å²) in [6, 6.07) is 12.8. The molecule has 2 N–H and O–H groups in total. The van der Waals surface area contributed by atoms with Gasteiger partial charge in [0.2, 0.25) is 0 Å². The third kappa shape index (κ3) is 5.13. The lowest BCUT2D eigenvalue weighted by Crippen LogP contribution is -2.41. The number of rotatable bonds is 7. The molecule has 2 aromatic heterocycles. The number of hydrogen-bond donors (Lipinski definition) is 2. The van der Waals surface area contributed by atoms with Crippen LogP contribution in [-0.2, 0) is 9.84 Å². The number of hydrogen-bond acceptors (Lipinski definition) is 9. The summed E-state index contributed by atoms with van der Waals surface area (Å²) < 4.78 is 28.4. The molecule has 4 aromatic rings. The highest BCUT2D eigenvalue weighted by Gasteiger charge is 2.20. The van der Waals surface area contributed by atoms with E-state index in [4.69, 9.17) is 9.40 Å². The van der Waals surface area contributed by atoms with Crippen molar-refractivity contribution < 1.29 is 12.8 Å². The fourth-order valence-electron chi connectivity index (χ4n) is 4.28. The van der Waals surface area contributed by atoms with E-state index in [2.05, 4.69) is 25.5 Å². The molecule has 0 radical (unpaired) electrons. The molecule has 0 spiro atoms. The molecule has 3 heterocycles. The standard InChI is InChI=1S/C24H28N6O3S/c1-25-24-29-21-14-17(4-6-22(21)33-24)16-3-5-19-20(13-16)28-23(15-26-19)27-18-7-9-30(10-8-18)11-12-34(2,31)32/h3-6,13-15,18H,7-12H2,1-2H3,(H,25,29)(H,27,28). The Balaban J connectivity index is 1.29. The summed E-state index contributed by atoms with van der Waals surface area (Å²) in [6.45, 7) is 2.34. The first-order chi connectivity index (χ1) is 16.4. The van der Waals surface area contributed by atoms with E-state index in [0.717, 1.165) is 65.0 Å². The van der Waals surface area contributed by atoms with Crippen LogP contribution in [0.4, 0.5) is 11.8 Å². The molecule has 0 aliphatic carbocycles. The minimum atomic E-state index is -2.93. The predicted octanol–water partition coefficient (Wildman–Crippen LogP) is 3.40. The lowest BCUT2D eigenvalue weighted by Gasteiger charge is -2.32. The first-order valence-electron chi connectivity index (χ1n) is 11.4. The summed E-state index contributed by atoms with van der Waals surface area (Å²) in [6.07, 6.45) is 4.95. The van der Waals surface area contributed by atoms with Gasteiger partial charge in [0, 0.05) is 39.0 Å². The highest BCUT2D eigenvalue weighted by Crippen LogP contribution is 2.28. The van der Waals surface area contributed by atoms with E-state index in [1.54, 1.807) is 13.2 Å². The number of nitrogens with zero attached hydrogens (tertiary/aromatic N) is 4. The topological polar surface area (TPSA) is 113 Å². The van der Waals surface area contributed by atoms with Gasteiger partial charge in [0.25, 0.3) is 6.01 Å². The van der Waals surface area contributed by atoms with Crippen LogP contribution in [-0.4, -0.2) is 73.0 Å². The van der Waals surface area contributed by atoms with Crippen LogP contribution in [0.15, 0.2) is 47.0 Å². The minimum Gasteiger partial charge on any atom is -0.424 e. The molecule has 2 aromatic carbocycles. The second-order valence-electron chi connectivity index (χ2n) is 8.80. The summed E-state index contributed by atoms with van der Waals surface area (Å²) in [5.41, 5.74) is 5.27. The monoisotopic (exact) mass is 480 g/mol. The molecule has 1 aliphatic heterocycles. The predicted molar refractivity (Wildman–Crippen MR) is 135 cm³/mol. The molecule has 5 rings (SSSR count). The van der Waals surface area contributed by atoms with E-state index in [-0.39, 0.29) is 5.75 Å². The number of piperidine rings is 1. The Morgan fingerprint density at radius 2 is 1.76 bits per heavy atom. The largest absolute Gasteiger partial charge is 0.424 e. The highest BCUT2D eigenvalue weighted by molar-refractivity contribution is 7.90. The summed E-state index contributed by atoms with van der Waals surface area (Å²) in [5, 5.41) is 6.43. The molecule has 9 nitrogen and oxygen atoms in total. The lowest BCUT2D eigenvalue weighted by atomic mass is 10.0. The fraction of sp³-hybridized carbons (Fsp3) is 0.375. The Kier molecular flexibility index (Phi) is 6.09. The summed E-state index contributed by atoms with van der Waals surface area (Å²) in [5.74, 6) is 0.967. The second kappa shape index (κ2) is 9.19. The smallest absolute Gasteiger partial charge is 0.295 e. The van der Waals surface area contributed by atoms with Crippen LogP contribution in [0.3, 0.4) is 0 Å². The maximum atomic E-state index is 11.4. The van der Waals surface area contributed by atoms with E-state index in [9.17, 15) is 8.42 Å². The highest BCUT2D eigenvalue weighted by atomic mass is 32.2. The number of aromatic nitrogens is 3. The molecule has 0 atom stereocenters. The molecule has 34 heavy (non-hydrogen) atoms. The third-order valence-corrected chi connectivity index (χ3v) is 7.12. The van der Waals surface area contributed by atoms with Crippen molar-refractivity contribution in [1.29, 1.82) is 0 Å². The first-order valence-corrected chi connectivity index (χ1v) is 13.4. The fourth-order valence-corrected chi connectivity index (χ4v) is 4.87. The number of nitrogens with one attached hydrogen (secondary N) is 2. The first kappa shape index (κ1) is 22.5. The molecule has 178 valence electrons. The zero-order chi connectivity index (χ0) is 23.7. The SMILES string of the molecule is CNc1nc2cc(-c3ccc4ncc(NC5CCN(CCS(C)(=O)=O)CC5)nc4c3)ccc2o1. The zero-order valence-corrected chi connectivity index (χ0v) is 20.1. The quantitative estimate of drug-likeness (QED) is 0.411. The molecule has 0 bridgehead atoms. The van der Waals surface area contributed by atoms with Crippen LogP contribution in [0.25, 0.3) is 33.3 Å². The van der Waals surface area contributed by atoms with Gasteiger partial charge in [-0.15, -0.1) is 0 Å². The van der Waals surface area contributed by atoms with Crippen molar-refractivity contribution in [2.24, 2.45) is 0 Å². The Bertz CT molecular complexity index is 1430. The van der Waals surface area contributed by atoms with Gasteiger partial charge in [0.15, 0.2) is 5.58 Å². The van der Waals surface area contributed by atoms with Gasteiger partial charge in [-0.05, 0) is 48.2 Å². The number of sulfone groups is 1. The van der Waals surface area contributed by atoms with E-state index in [0.29, 0.717) is 18.6 Å². The van der Waals surface area contributed by atoms with Gasteiger partial charge in [0.1, 0.15) is 21.2 Å². The van der Waals surface area contributed by atoms with E-state index < -0.39 is 9.84 Å². The van der Waals surface area contributed by atoms with E-state index in [1.807, 2.05) is 36.4 Å². The minimum absolute atomic E-state index is 0.212. The Morgan fingerprint density at radius 1 is 1.03 bits per heavy atom. The van der Waals surface area contributed by atoms with Gasteiger partial charge in [0.05, 0.1) is 23.0 Å². The van der Waals surface area contributed by atoms with Crippen LogP contribution in [0.2, 0.25) is 0 Å². The van der Waals surface area contributed by atoms with Crippen molar-refractivity contribution in [2.45, 2.75) is 18.9 Å². The summed E-state index contributed by atoms with van der Waals surface area (Å²) >= 11 is 0. The molecule has 1 aliphatic rings. The van der Waals surface area contributed by atoms with Crippen LogP contribution in [0.1, 0.15) is 12.8 Å². The van der Waals surface area contributed by atoms with Crippen LogP contribution < -0.4 is 10.6 Å². The van der Waals surface area contributed by atoms with E-state index in [1.165, 1.54) is 6.26 Å². The van der Waals surface area contributed by atoms with E-state index >= 15 is 0 Å².